The van der Waals surface area contributed by atoms with Crippen molar-refractivity contribution in [1.29, 1.82) is 0 Å². The Labute approximate surface area is 152 Å². The van der Waals surface area contributed by atoms with Crippen LogP contribution in [-0.4, -0.2) is 41.8 Å². The van der Waals surface area contributed by atoms with Gasteiger partial charge in [0.25, 0.3) is 0 Å². The van der Waals surface area contributed by atoms with E-state index in [0.717, 1.165) is 43.9 Å². The standard InChI is InChI=1S/C20H22N4O2/c1-25-18-8-6-16(7-9-18)19-22-20(26-23-19)21-11-13-24-12-10-15-4-2-3-5-17(15)14-24/h2-9H,10-14H2,1H3,(H,21,22,23). The Bertz CT molecular complexity index is 860. The Morgan fingerprint density at radius 2 is 1.92 bits per heavy atom. The number of ether oxygens (including phenoxy) is 1. The van der Waals surface area contributed by atoms with E-state index in [-0.39, 0.29) is 0 Å². The zero-order valence-electron chi connectivity index (χ0n) is 14.8. The Morgan fingerprint density at radius 3 is 2.73 bits per heavy atom. The lowest BCUT2D eigenvalue weighted by Crippen LogP contribution is -2.34. The molecule has 0 spiro atoms. The second-order valence-corrected chi connectivity index (χ2v) is 6.37. The van der Waals surface area contributed by atoms with E-state index in [4.69, 9.17) is 9.26 Å². The van der Waals surface area contributed by atoms with Gasteiger partial charge in [0.2, 0.25) is 5.82 Å². The minimum atomic E-state index is 0.452. The van der Waals surface area contributed by atoms with Crippen LogP contribution in [0.4, 0.5) is 6.01 Å². The number of nitrogens with zero attached hydrogens (tertiary/aromatic N) is 3. The fourth-order valence-electron chi connectivity index (χ4n) is 3.22. The topological polar surface area (TPSA) is 63.4 Å². The summed E-state index contributed by atoms with van der Waals surface area (Å²) in [7, 11) is 1.65. The number of benzene rings is 2. The predicted octanol–water partition coefficient (Wildman–Crippen LogP) is 3.22. The molecular formula is C20H22N4O2. The average molecular weight is 350 g/mol. The van der Waals surface area contributed by atoms with E-state index < -0.39 is 0 Å². The zero-order valence-corrected chi connectivity index (χ0v) is 14.8. The maximum Gasteiger partial charge on any atom is 0.321 e. The van der Waals surface area contributed by atoms with Crippen LogP contribution in [0.5, 0.6) is 5.75 Å². The van der Waals surface area contributed by atoms with Gasteiger partial charge in [0.15, 0.2) is 0 Å². The molecule has 0 radical (unpaired) electrons. The Kier molecular flexibility index (Phi) is 4.84. The third-order valence-electron chi connectivity index (χ3n) is 4.69. The van der Waals surface area contributed by atoms with Gasteiger partial charge in [-0.3, -0.25) is 4.90 Å². The van der Waals surface area contributed by atoms with Crippen LogP contribution in [0.15, 0.2) is 53.1 Å². The molecule has 0 saturated carbocycles. The van der Waals surface area contributed by atoms with E-state index in [0.29, 0.717) is 11.8 Å². The molecule has 4 rings (SSSR count). The highest BCUT2D eigenvalue weighted by atomic mass is 16.5. The number of anilines is 1. The van der Waals surface area contributed by atoms with Crippen LogP contribution in [-0.2, 0) is 13.0 Å². The van der Waals surface area contributed by atoms with Crippen molar-refractivity contribution in [3.63, 3.8) is 0 Å². The molecule has 1 aliphatic heterocycles. The minimum absolute atomic E-state index is 0.452. The summed E-state index contributed by atoms with van der Waals surface area (Å²) in [6.45, 7) is 3.79. The fourth-order valence-corrected chi connectivity index (χ4v) is 3.22. The zero-order chi connectivity index (χ0) is 17.8. The molecule has 1 aromatic heterocycles. The number of fused-ring (bicyclic) bond motifs is 1. The molecular weight excluding hydrogens is 328 g/mol. The first-order valence-electron chi connectivity index (χ1n) is 8.83. The van der Waals surface area contributed by atoms with Crippen LogP contribution in [0.25, 0.3) is 11.4 Å². The second kappa shape index (κ2) is 7.58. The van der Waals surface area contributed by atoms with E-state index in [1.807, 2.05) is 24.3 Å². The monoisotopic (exact) mass is 350 g/mol. The van der Waals surface area contributed by atoms with E-state index in [9.17, 15) is 0 Å². The molecule has 0 fully saturated rings. The van der Waals surface area contributed by atoms with Crippen molar-refractivity contribution < 1.29 is 9.26 Å². The van der Waals surface area contributed by atoms with Gasteiger partial charge in [-0.2, -0.15) is 4.98 Å². The van der Waals surface area contributed by atoms with Crippen LogP contribution in [0.2, 0.25) is 0 Å². The quantitative estimate of drug-likeness (QED) is 0.736. The van der Waals surface area contributed by atoms with Gasteiger partial charge in [-0.05, 0) is 41.8 Å². The largest absolute Gasteiger partial charge is 0.497 e. The predicted molar refractivity (Wildman–Crippen MR) is 100 cm³/mol. The fraction of sp³-hybridized carbons (Fsp3) is 0.300. The van der Waals surface area contributed by atoms with Gasteiger partial charge in [-0.15, -0.1) is 0 Å². The summed E-state index contributed by atoms with van der Waals surface area (Å²) >= 11 is 0. The van der Waals surface area contributed by atoms with E-state index in [2.05, 4.69) is 44.6 Å². The highest BCUT2D eigenvalue weighted by molar-refractivity contribution is 5.56. The lowest BCUT2D eigenvalue weighted by Gasteiger charge is -2.28. The first-order chi connectivity index (χ1) is 12.8. The summed E-state index contributed by atoms with van der Waals surface area (Å²) in [5, 5.41) is 7.26. The van der Waals surface area contributed by atoms with Crippen LogP contribution < -0.4 is 10.1 Å². The van der Waals surface area contributed by atoms with Gasteiger partial charge >= 0.3 is 6.01 Å². The van der Waals surface area contributed by atoms with Crippen LogP contribution in [0.3, 0.4) is 0 Å². The number of rotatable bonds is 6. The molecule has 0 unspecified atom stereocenters. The van der Waals surface area contributed by atoms with Crippen molar-refractivity contribution in [2.75, 3.05) is 32.1 Å². The smallest absolute Gasteiger partial charge is 0.321 e. The Hall–Kier alpha value is -2.86. The summed E-state index contributed by atoms with van der Waals surface area (Å²) in [6.07, 6.45) is 1.11. The maximum absolute atomic E-state index is 5.30. The highest BCUT2D eigenvalue weighted by Gasteiger charge is 2.15. The molecule has 2 aromatic carbocycles. The van der Waals surface area contributed by atoms with Crippen molar-refractivity contribution in [2.24, 2.45) is 0 Å². The van der Waals surface area contributed by atoms with E-state index in [1.54, 1.807) is 7.11 Å². The third-order valence-corrected chi connectivity index (χ3v) is 4.69. The van der Waals surface area contributed by atoms with Gasteiger partial charge in [0, 0.05) is 31.7 Å². The molecule has 0 aliphatic carbocycles. The van der Waals surface area contributed by atoms with Gasteiger partial charge in [-0.1, -0.05) is 29.4 Å². The van der Waals surface area contributed by atoms with Gasteiger partial charge in [-0.25, -0.2) is 0 Å². The molecule has 0 amide bonds. The first kappa shape index (κ1) is 16.6. The number of hydrogen-bond donors (Lipinski definition) is 1. The second-order valence-electron chi connectivity index (χ2n) is 6.37. The molecule has 2 heterocycles. The number of nitrogens with one attached hydrogen (secondary N) is 1. The summed E-state index contributed by atoms with van der Waals surface area (Å²) < 4.78 is 10.5. The normalized spacial score (nSPS) is 14.0. The van der Waals surface area contributed by atoms with E-state index >= 15 is 0 Å². The summed E-state index contributed by atoms with van der Waals surface area (Å²) in [5.74, 6) is 1.38. The van der Waals surface area contributed by atoms with Crippen molar-refractivity contribution in [3.8, 4) is 17.1 Å². The van der Waals surface area contributed by atoms with Crippen LogP contribution in [0, 0.1) is 0 Å². The molecule has 0 saturated heterocycles. The molecule has 0 bridgehead atoms. The maximum atomic E-state index is 5.30. The van der Waals surface area contributed by atoms with Gasteiger partial charge in [0.05, 0.1) is 7.11 Å². The molecule has 134 valence electrons. The minimum Gasteiger partial charge on any atom is -0.497 e. The SMILES string of the molecule is COc1ccc(-c2noc(NCCN3CCc4ccccc4C3)n2)cc1. The molecule has 6 heteroatoms. The number of methoxy groups -OCH3 is 1. The lowest BCUT2D eigenvalue weighted by molar-refractivity contribution is 0.263. The highest BCUT2D eigenvalue weighted by Crippen LogP contribution is 2.21. The van der Waals surface area contributed by atoms with Gasteiger partial charge < -0.3 is 14.6 Å². The van der Waals surface area contributed by atoms with Crippen LogP contribution in [0.1, 0.15) is 11.1 Å². The van der Waals surface area contributed by atoms with E-state index in [1.165, 1.54) is 11.1 Å². The van der Waals surface area contributed by atoms with Crippen molar-refractivity contribution in [1.82, 2.24) is 15.0 Å². The molecule has 6 nitrogen and oxygen atoms in total. The van der Waals surface area contributed by atoms with Crippen molar-refractivity contribution in [3.05, 3.63) is 59.7 Å². The van der Waals surface area contributed by atoms with Gasteiger partial charge in [0.1, 0.15) is 5.75 Å². The van der Waals surface area contributed by atoms with Crippen LogP contribution >= 0.6 is 0 Å². The summed E-state index contributed by atoms with van der Waals surface area (Å²) in [5.41, 5.74) is 3.80. The molecule has 1 N–H and O–H groups in total. The molecule has 3 aromatic rings. The summed E-state index contributed by atoms with van der Waals surface area (Å²) in [6, 6.07) is 16.7. The number of aromatic nitrogens is 2. The van der Waals surface area contributed by atoms with Crippen molar-refractivity contribution in [2.45, 2.75) is 13.0 Å². The Balaban J connectivity index is 1.30. The average Bonchev–Trinajstić information content (AvgIpc) is 3.17. The molecule has 0 atom stereocenters. The Morgan fingerprint density at radius 1 is 1.12 bits per heavy atom. The van der Waals surface area contributed by atoms with Crippen molar-refractivity contribution >= 4 is 6.01 Å². The summed E-state index contributed by atoms with van der Waals surface area (Å²) in [4.78, 5) is 6.85. The third kappa shape index (κ3) is 3.70. The molecule has 1 aliphatic rings. The number of hydrogen-bond acceptors (Lipinski definition) is 6. The lowest BCUT2D eigenvalue weighted by atomic mass is 10.00. The molecule has 26 heavy (non-hydrogen) atoms. The first-order valence-corrected chi connectivity index (χ1v) is 8.83.